The van der Waals surface area contributed by atoms with Crippen LogP contribution in [0, 0.1) is 6.92 Å². The van der Waals surface area contributed by atoms with Crippen LogP contribution in [-0.2, 0) is 11.2 Å². The molecule has 1 aliphatic heterocycles. The van der Waals surface area contributed by atoms with Gasteiger partial charge in [-0.2, -0.15) is 0 Å². The van der Waals surface area contributed by atoms with Gasteiger partial charge in [-0.15, -0.1) is 0 Å². The fourth-order valence-corrected chi connectivity index (χ4v) is 2.36. The number of nitrogen functional groups attached to an aromatic ring is 1. The van der Waals surface area contributed by atoms with Gasteiger partial charge < -0.3 is 15.8 Å². The number of hydrogen-bond acceptors (Lipinski definition) is 3. The van der Waals surface area contributed by atoms with Crippen molar-refractivity contribution in [3.05, 3.63) is 53.6 Å². The minimum atomic E-state index is -0.507. The average molecular weight is 268 g/mol. The molecule has 0 fully saturated rings. The van der Waals surface area contributed by atoms with E-state index in [0.29, 0.717) is 23.5 Å². The van der Waals surface area contributed by atoms with Gasteiger partial charge in [0.15, 0.2) is 6.10 Å². The van der Waals surface area contributed by atoms with Crippen LogP contribution in [0.25, 0.3) is 0 Å². The topological polar surface area (TPSA) is 64.3 Å². The van der Waals surface area contributed by atoms with Crippen molar-refractivity contribution in [2.75, 3.05) is 11.1 Å². The molecule has 4 nitrogen and oxygen atoms in total. The summed E-state index contributed by atoms with van der Waals surface area (Å²) in [4.78, 5) is 12.1. The van der Waals surface area contributed by atoms with Crippen LogP contribution in [0.1, 0.15) is 11.1 Å². The molecule has 20 heavy (non-hydrogen) atoms. The van der Waals surface area contributed by atoms with Crippen molar-refractivity contribution < 1.29 is 9.53 Å². The van der Waals surface area contributed by atoms with Gasteiger partial charge in [-0.1, -0.05) is 29.8 Å². The third-order valence-electron chi connectivity index (χ3n) is 3.33. The van der Waals surface area contributed by atoms with Crippen molar-refractivity contribution >= 4 is 17.3 Å². The Bertz CT molecular complexity index is 667. The number of carbonyl (C=O) groups excluding carboxylic acids is 1. The number of rotatable bonds is 2. The van der Waals surface area contributed by atoms with E-state index in [4.69, 9.17) is 10.5 Å². The van der Waals surface area contributed by atoms with Gasteiger partial charge in [0.25, 0.3) is 5.91 Å². The Morgan fingerprint density at radius 3 is 2.90 bits per heavy atom. The van der Waals surface area contributed by atoms with E-state index in [0.717, 1.165) is 5.56 Å². The van der Waals surface area contributed by atoms with Gasteiger partial charge in [0.05, 0.1) is 5.69 Å². The first kappa shape index (κ1) is 12.5. The molecule has 3 N–H and O–H groups in total. The molecule has 0 aliphatic carbocycles. The average Bonchev–Trinajstić information content (AvgIpc) is 2.40. The molecule has 1 amide bonds. The molecule has 4 heteroatoms. The summed E-state index contributed by atoms with van der Waals surface area (Å²) < 4.78 is 5.78. The zero-order chi connectivity index (χ0) is 14.1. The van der Waals surface area contributed by atoms with Crippen LogP contribution in [0.5, 0.6) is 5.75 Å². The molecule has 0 saturated carbocycles. The van der Waals surface area contributed by atoms with Crippen LogP contribution in [0.3, 0.4) is 0 Å². The van der Waals surface area contributed by atoms with Crippen molar-refractivity contribution in [2.45, 2.75) is 19.4 Å². The Balaban J connectivity index is 1.82. The first-order valence-corrected chi connectivity index (χ1v) is 6.54. The molecule has 0 aromatic heterocycles. The number of ether oxygens (including phenoxy) is 1. The number of benzene rings is 2. The third-order valence-corrected chi connectivity index (χ3v) is 3.33. The van der Waals surface area contributed by atoms with Crippen LogP contribution < -0.4 is 15.8 Å². The number of aryl methyl sites for hydroxylation is 1. The van der Waals surface area contributed by atoms with E-state index in [9.17, 15) is 4.79 Å². The monoisotopic (exact) mass is 268 g/mol. The van der Waals surface area contributed by atoms with Crippen LogP contribution in [0.2, 0.25) is 0 Å². The maximum atomic E-state index is 12.1. The summed E-state index contributed by atoms with van der Waals surface area (Å²) in [6.07, 6.45) is 0.0464. The van der Waals surface area contributed by atoms with Gasteiger partial charge in [0.1, 0.15) is 5.75 Å². The summed E-state index contributed by atoms with van der Waals surface area (Å²) in [5, 5.41) is 2.84. The summed E-state index contributed by atoms with van der Waals surface area (Å²) in [5.74, 6) is 0.529. The Morgan fingerprint density at radius 1 is 1.25 bits per heavy atom. The van der Waals surface area contributed by atoms with E-state index in [2.05, 4.69) is 11.4 Å². The maximum Gasteiger partial charge on any atom is 0.265 e. The van der Waals surface area contributed by atoms with E-state index in [1.165, 1.54) is 5.56 Å². The van der Waals surface area contributed by atoms with E-state index in [1.807, 2.05) is 25.1 Å². The van der Waals surface area contributed by atoms with Crippen molar-refractivity contribution in [2.24, 2.45) is 0 Å². The Kier molecular flexibility index (Phi) is 3.06. The Hall–Kier alpha value is -2.49. The SMILES string of the molecule is Cc1cccc(CC2Oc3ccc(N)cc3NC2=O)c1. The molecule has 0 spiro atoms. The molecule has 3 rings (SSSR count). The van der Waals surface area contributed by atoms with Crippen molar-refractivity contribution in [3.63, 3.8) is 0 Å². The van der Waals surface area contributed by atoms with Gasteiger partial charge in [-0.25, -0.2) is 0 Å². The second kappa shape index (κ2) is 4.89. The van der Waals surface area contributed by atoms with Gasteiger partial charge >= 0.3 is 0 Å². The number of carbonyl (C=O) groups is 1. The molecule has 1 atom stereocenters. The smallest absolute Gasteiger partial charge is 0.265 e. The lowest BCUT2D eigenvalue weighted by molar-refractivity contribution is -0.123. The number of anilines is 2. The molecular weight excluding hydrogens is 252 g/mol. The quantitative estimate of drug-likeness (QED) is 0.823. The number of nitrogens with two attached hydrogens (primary N) is 1. The Labute approximate surface area is 117 Å². The van der Waals surface area contributed by atoms with Crippen molar-refractivity contribution in [1.29, 1.82) is 0 Å². The van der Waals surface area contributed by atoms with Gasteiger partial charge in [-0.05, 0) is 30.7 Å². The van der Waals surface area contributed by atoms with Crippen LogP contribution in [0.15, 0.2) is 42.5 Å². The standard InChI is InChI=1S/C16H16N2O2/c1-10-3-2-4-11(7-10)8-15-16(19)18-13-9-12(17)5-6-14(13)20-15/h2-7,9,15H,8,17H2,1H3,(H,18,19). The molecule has 1 unspecified atom stereocenters. The van der Waals surface area contributed by atoms with Crippen molar-refractivity contribution in [1.82, 2.24) is 0 Å². The second-order valence-corrected chi connectivity index (χ2v) is 5.04. The predicted molar refractivity (Wildman–Crippen MR) is 78.8 cm³/mol. The second-order valence-electron chi connectivity index (χ2n) is 5.04. The fourth-order valence-electron chi connectivity index (χ4n) is 2.36. The van der Waals surface area contributed by atoms with E-state index < -0.39 is 6.10 Å². The number of amides is 1. The lowest BCUT2D eigenvalue weighted by Gasteiger charge is -2.26. The van der Waals surface area contributed by atoms with E-state index >= 15 is 0 Å². The summed E-state index contributed by atoms with van der Waals surface area (Å²) in [7, 11) is 0. The van der Waals surface area contributed by atoms with Crippen LogP contribution in [-0.4, -0.2) is 12.0 Å². The maximum absolute atomic E-state index is 12.1. The van der Waals surface area contributed by atoms with E-state index in [-0.39, 0.29) is 5.91 Å². The zero-order valence-electron chi connectivity index (χ0n) is 11.2. The summed E-state index contributed by atoms with van der Waals surface area (Å²) in [6, 6.07) is 13.3. The highest BCUT2D eigenvalue weighted by molar-refractivity contribution is 5.98. The molecule has 0 radical (unpaired) electrons. The first-order valence-electron chi connectivity index (χ1n) is 6.54. The summed E-state index contributed by atoms with van der Waals surface area (Å²) in [5.41, 5.74) is 9.19. The molecule has 2 aromatic carbocycles. The van der Waals surface area contributed by atoms with Gasteiger partial charge in [0.2, 0.25) is 0 Å². The normalized spacial score (nSPS) is 17.1. The minimum Gasteiger partial charge on any atom is -0.478 e. The third kappa shape index (κ3) is 2.45. The van der Waals surface area contributed by atoms with Gasteiger partial charge in [-0.3, -0.25) is 4.79 Å². The van der Waals surface area contributed by atoms with Crippen molar-refractivity contribution in [3.8, 4) is 5.75 Å². The number of nitrogens with one attached hydrogen (secondary N) is 1. The van der Waals surface area contributed by atoms with E-state index in [1.54, 1.807) is 18.2 Å². The highest BCUT2D eigenvalue weighted by Gasteiger charge is 2.27. The highest BCUT2D eigenvalue weighted by atomic mass is 16.5. The zero-order valence-corrected chi connectivity index (χ0v) is 11.2. The van der Waals surface area contributed by atoms with Crippen LogP contribution in [0.4, 0.5) is 11.4 Å². The number of fused-ring (bicyclic) bond motifs is 1. The molecule has 1 heterocycles. The molecular formula is C16H16N2O2. The molecule has 0 saturated heterocycles. The lowest BCUT2D eigenvalue weighted by atomic mass is 10.0. The molecule has 2 aromatic rings. The summed E-state index contributed by atoms with van der Waals surface area (Å²) in [6.45, 7) is 2.03. The molecule has 102 valence electrons. The number of hydrogen-bond donors (Lipinski definition) is 2. The minimum absolute atomic E-state index is 0.135. The largest absolute Gasteiger partial charge is 0.478 e. The highest BCUT2D eigenvalue weighted by Crippen LogP contribution is 2.32. The fraction of sp³-hybridized carbons (Fsp3) is 0.188. The predicted octanol–water partition coefficient (Wildman–Crippen LogP) is 2.52. The van der Waals surface area contributed by atoms with Crippen LogP contribution >= 0.6 is 0 Å². The molecule has 0 bridgehead atoms. The first-order chi connectivity index (χ1) is 9.61. The Morgan fingerprint density at radius 2 is 2.10 bits per heavy atom. The lowest BCUT2D eigenvalue weighted by Crippen LogP contribution is -2.38. The summed E-state index contributed by atoms with van der Waals surface area (Å²) >= 11 is 0. The molecule has 1 aliphatic rings. The van der Waals surface area contributed by atoms with Gasteiger partial charge in [0, 0.05) is 12.1 Å².